The van der Waals surface area contributed by atoms with E-state index in [1.165, 1.54) is 24.0 Å². The number of hydrogen-bond donors (Lipinski definition) is 3. The molecule has 0 aromatic carbocycles. The van der Waals surface area contributed by atoms with Crippen LogP contribution in [0, 0.1) is 5.92 Å². The van der Waals surface area contributed by atoms with Crippen molar-refractivity contribution in [3.8, 4) is 0 Å². The molecule has 1 heterocycles. The summed E-state index contributed by atoms with van der Waals surface area (Å²) in [5.74, 6) is 0.0471. The van der Waals surface area contributed by atoms with Crippen LogP contribution in [0.15, 0.2) is 17.3 Å². The van der Waals surface area contributed by atoms with Crippen LogP contribution in [-0.2, 0) is 21.9 Å². The van der Waals surface area contributed by atoms with Crippen LogP contribution in [0.25, 0.3) is 0 Å². The second-order valence-electron chi connectivity index (χ2n) is 5.38. The molecule has 2 unspecified atom stereocenters. The van der Waals surface area contributed by atoms with Gasteiger partial charge in [0.1, 0.15) is 4.90 Å². The van der Waals surface area contributed by atoms with Crippen molar-refractivity contribution in [3.63, 3.8) is 0 Å². The minimum Gasteiger partial charge on any atom is -0.350 e. The van der Waals surface area contributed by atoms with Crippen molar-refractivity contribution in [1.82, 2.24) is 19.8 Å². The Labute approximate surface area is 124 Å². The van der Waals surface area contributed by atoms with Crippen molar-refractivity contribution in [1.29, 1.82) is 0 Å². The first-order chi connectivity index (χ1) is 9.83. The summed E-state index contributed by atoms with van der Waals surface area (Å²) in [5, 5.41) is 6.60. The third-order valence-electron chi connectivity index (χ3n) is 3.49. The van der Waals surface area contributed by atoms with E-state index in [1.54, 1.807) is 7.05 Å². The van der Waals surface area contributed by atoms with E-state index in [2.05, 4.69) is 15.1 Å². The number of carbonyl (C=O) groups excluding carboxylic acids is 1. The number of hydrogen-bond acceptors (Lipinski definition) is 5. The van der Waals surface area contributed by atoms with Crippen LogP contribution in [-0.4, -0.2) is 42.7 Å². The average Bonchev–Trinajstić information content (AvgIpc) is 3.16. The smallest absolute Gasteiger partial charge is 0.244 e. The van der Waals surface area contributed by atoms with E-state index in [0.29, 0.717) is 12.5 Å². The van der Waals surface area contributed by atoms with E-state index < -0.39 is 16.1 Å². The van der Waals surface area contributed by atoms with Crippen LogP contribution in [0.5, 0.6) is 0 Å². The minimum atomic E-state index is -3.76. The predicted molar refractivity (Wildman–Crippen MR) is 76.7 cm³/mol. The van der Waals surface area contributed by atoms with Gasteiger partial charge in [-0.1, -0.05) is 0 Å². The fraction of sp³-hybridized carbons (Fsp3) is 0.667. The van der Waals surface area contributed by atoms with Crippen LogP contribution in [0.4, 0.5) is 0 Å². The number of aromatic nitrogens is 2. The van der Waals surface area contributed by atoms with Gasteiger partial charge in [-0.2, -0.15) is 9.82 Å². The summed E-state index contributed by atoms with van der Waals surface area (Å²) in [6.45, 7) is 1.86. The van der Waals surface area contributed by atoms with Gasteiger partial charge in [-0.05, 0) is 25.7 Å². The number of carbonyl (C=O) groups is 1. The highest BCUT2D eigenvalue weighted by Gasteiger charge is 2.32. The summed E-state index contributed by atoms with van der Waals surface area (Å²) in [4.78, 5) is 12.1. The molecule has 0 aliphatic heterocycles. The number of sulfonamides is 1. The van der Waals surface area contributed by atoms with Gasteiger partial charge < -0.3 is 11.1 Å². The Morgan fingerprint density at radius 2 is 2.24 bits per heavy atom. The average molecular weight is 315 g/mol. The maximum atomic E-state index is 12.1. The van der Waals surface area contributed by atoms with Gasteiger partial charge in [-0.3, -0.25) is 9.48 Å². The molecule has 2 atom stereocenters. The fourth-order valence-electron chi connectivity index (χ4n) is 2.07. The second-order valence-corrected chi connectivity index (χ2v) is 7.09. The minimum absolute atomic E-state index is 0.0298. The summed E-state index contributed by atoms with van der Waals surface area (Å²) in [7, 11) is -2.13. The molecule has 118 valence electrons. The Morgan fingerprint density at radius 1 is 1.57 bits per heavy atom. The highest BCUT2D eigenvalue weighted by molar-refractivity contribution is 7.89. The van der Waals surface area contributed by atoms with E-state index in [-0.39, 0.29) is 16.8 Å². The van der Waals surface area contributed by atoms with E-state index in [0.717, 1.165) is 12.8 Å². The van der Waals surface area contributed by atoms with Crippen LogP contribution in [0.1, 0.15) is 19.8 Å². The lowest BCUT2D eigenvalue weighted by molar-refractivity contribution is -0.123. The lowest BCUT2D eigenvalue weighted by atomic mass is 10.2. The van der Waals surface area contributed by atoms with Crippen molar-refractivity contribution >= 4 is 15.9 Å². The molecular formula is C12H21N5O3S. The first-order valence-corrected chi connectivity index (χ1v) is 8.33. The number of nitrogens with zero attached hydrogens (tertiary/aromatic N) is 2. The highest BCUT2D eigenvalue weighted by atomic mass is 32.2. The van der Waals surface area contributed by atoms with Gasteiger partial charge in [-0.25, -0.2) is 8.42 Å². The number of aryl methyl sites for hydroxylation is 1. The van der Waals surface area contributed by atoms with E-state index in [9.17, 15) is 13.2 Å². The van der Waals surface area contributed by atoms with Crippen molar-refractivity contribution < 1.29 is 13.2 Å². The molecule has 1 aromatic rings. The molecule has 0 radical (unpaired) electrons. The van der Waals surface area contributed by atoms with Crippen molar-refractivity contribution in [2.75, 3.05) is 6.54 Å². The molecule has 9 heteroatoms. The lowest BCUT2D eigenvalue weighted by Gasteiger charge is -2.19. The van der Waals surface area contributed by atoms with Crippen LogP contribution < -0.4 is 15.8 Å². The summed E-state index contributed by atoms with van der Waals surface area (Å²) < 4.78 is 27.9. The number of nitrogens with one attached hydrogen (secondary N) is 2. The molecule has 1 aliphatic rings. The van der Waals surface area contributed by atoms with Gasteiger partial charge in [0.15, 0.2) is 0 Å². The molecule has 2 rings (SSSR count). The highest BCUT2D eigenvalue weighted by Crippen LogP contribution is 2.32. The van der Waals surface area contributed by atoms with Crippen LogP contribution in [0.3, 0.4) is 0 Å². The number of rotatable bonds is 7. The largest absolute Gasteiger partial charge is 0.350 e. The van der Waals surface area contributed by atoms with Crippen molar-refractivity contribution in [3.05, 3.63) is 12.4 Å². The standard InChI is InChI=1S/C12H21N5O3S/c1-8(12(18)15-11(5-13)9-3-4-9)16-21(19,20)10-6-14-17(2)7-10/h6-9,11,16H,3-5,13H2,1-2H3,(H,15,18). The Balaban J connectivity index is 1.96. The summed E-state index contributed by atoms with van der Waals surface area (Å²) in [5.41, 5.74) is 5.62. The van der Waals surface area contributed by atoms with Crippen molar-refractivity contribution in [2.24, 2.45) is 18.7 Å². The number of nitrogens with two attached hydrogens (primary N) is 1. The fourth-order valence-corrected chi connectivity index (χ4v) is 3.25. The van der Waals surface area contributed by atoms with Gasteiger partial charge >= 0.3 is 0 Å². The molecule has 1 aliphatic carbocycles. The third-order valence-corrected chi connectivity index (χ3v) is 4.98. The summed E-state index contributed by atoms with van der Waals surface area (Å²) in [6.07, 6.45) is 4.72. The molecule has 0 bridgehead atoms. The zero-order chi connectivity index (χ0) is 15.6. The van der Waals surface area contributed by atoms with Gasteiger partial charge in [0.05, 0.1) is 12.2 Å². The van der Waals surface area contributed by atoms with Crippen LogP contribution >= 0.6 is 0 Å². The van der Waals surface area contributed by atoms with Crippen LogP contribution in [0.2, 0.25) is 0 Å². The molecule has 4 N–H and O–H groups in total. The lowest BCUT2D eigenvalue weighted by Crippen LogP contribution is -2.50. The molecule has 1 amide bonds. The zero-order valence-corrected chi connectivity index (χ0v) is 12.9. The maximum absolute atomic E-state index is 12.1. The Morgan fingerprint density at radius 3 is 2.71 bits per heavy atom. The maximum Gasteiger partial charge on any atom is 0.244 e. The Kier molecular flexibility index (Phi) is 4.64. The molecular weight excluding hydrogens is 294 g/mol. The SMILES string of the molecule is CC(NS(=O)(=O)c1cnn(C)c1)C(=O)NC(CN)C1CC1. The molecule has 1 aromatic heterocycles. The zero-order valence-electron chi connectivity index (χ0n) is 12.1. The first kappa shape index (κ1) is 15.9. The molecule has 1 saturated carbocycles. The summed E-state index contributed by atoms with van der Waals surface area (Å²) in [6, 6.07) is -0.953. The molecule has 21 heavy (non-hydrogen) atoms. The van der Waals surface area contributed by atoms with Gasteiger partial charge in [0, 0.05) is 25.8 Å². The van der Waals surface area contributed by atoms with Gasteiger partial charge in [0.2, 0.25) is 15.9 Å². The van der Waals surface area contributed by atoms with Gasteiger partial charge in [0.25, 0.3) is 0 Å². The van der Waals surface area contributed by atoms with E-state index >= 15 is 0 Å². The quantitative estimate of drug-likeness (QED) is 0.592. The first-order valence-electron chi connectivity index (χ1n) is 6.85. The predicted octanol–water partition coefficient (Wildman–Crippen LogP) is -1.06. The molecule has 0 spiro atoms. The monoisotopic (exact) mass is 315 g/mol. The molecule has 1 fully saturated rings. The Hall–Kier alpha value is -1.45. The second kappa shape index (κ2) is 6.12. The third kappa shape index (κ3) is 4.02. The molecule has 8 nitrogen and oxygen atoms in total. The van der Waals surface area contributed by atoms with Crippen molar-refractivity contribution in [2.45, 2.75) is 36.7 Å². The topological polar surface area (TPSA) is 119 Å². The summed E-state index contributed by atoms with van der Waals surface area (Å²) >= 11 is 0. The normalized spacial score (nSPS) is 18.2. The number of amides is 1. The van der Waals surface area contributed by atoms with E-state index in [4.69, 9.17) is 5.73 Å². The Bertz CT molecular complexity index is 608. The molecule has 0 saturated heterocycles. The van der Waals surface area contributed by atoms with Gasteiger partial charge in [-0.15, -0.1) is 0 Å². The van der Waals surface area contributed by atoms with E-state index in [1.807, 2.05) is 0 Å².